The van der Waals surface area contributed by atoms with Crippen LogP contribution in [0.15, 0.2) is 0 Å². The quantitative estimate of drug-likeness (QED) is 0.673. The summed E-state index contributed by atoms with van der Waals surface area (Å²) in [6, 6.07) is 0.430. The van der Waals surface area contributed by atoms with Gasteiger partial charge in [-0.15, -0.1) is 0 Å². The fourth-order valence-electron chi connectivity index (χ4n) is 2.19. The molecule has 1 aliphatic carbocycles. The van der Waals surface area contributed by atoms with Gasteiger partial charge in [-0.3, -0.25) is 4.79 Å². The topological polar surface area (TPSA) is 55.1 Å². The Labute approximate surface area is 103 Å². The molecule has 0 bridgehead atoms. The fraction of sp³-hybridized carbons (Fsp3) is 0.917. The summed E-state index contributed by atoms with van der Waals surface area (Å²) in [6.07, 6.45) is 9.45. The average Bonchev–Trinajstić information content (AvgIpc) is 2.72. The van der Waals surface area contributed by atoms with Crippen LogP contribution in [0.3, 0.4) is 0 Å². The van der Waals surface area contributed by atoms with Gasteiger partial charge in [0.25, 0.3) is 0 Å². The number of hydrogen-bond acceptors (Lipinski definition) is 3. The monoisotopic (exact) mass is 244 g/mol. The Bertz CT molecular complexity index is 211. The van der Waals surface area contributed by atoms with Crippen molar-refractivity contribution in [3.05, 3.63) is 0 Å². The van der Waals surface area contributed by atoms with Crippen molar-refractivity contribution in [2.75, 3.05) is 12.8 Å². The molecule has 1 fully saturated rings. The van der Waals surface area contributed by atoms with E-state index in [0.29, 0.717) is 12.5 Å². The van der Waals surface area contributed by atoms with Gasteiger partial charge < -0.3 is 11.1 Å². The van der Waals surface area contributed by atoms with E-state index in [1.807, 2.05) is 11.8 Å². The van der Waals surface area contributed by atoms with Crippen molar-refractivity contribution >= 4 is 17.7 Å². The van der Waals surface area contributed by atoms with E-state index in [1.165, 1.54) is 6.42 Å². The SMILES string of the molecule is CSC1CCC(NC(=O)CCCCCN)C1. The molecule has 0 saturated heterocycles. The van der Waals surface area contributed by atoms with Gasteiger partial charge in [0.15, 0.2) is 0 Å². The number of carbonyl (C=O) groups excluding carboxylic acids is 1. The van der Waals surface area contributed by atoms with E-state index in [9.17, 15) is 4.79 Å². The molecular formula is C12H24N2OS. The largest absolute Gasteiger partial charge is 0.353 e. The van der Waals surface area contributed by atoms with E-state index < -0.39 is 0 Å². The first kappa shape index (κ1) is 13.8. The predicted molar refractivity (Wildman–Crippen MR) is 70.6 cm³/mol. The fourth-order valence-corrected chi connectivity index (χ4v) is 2.99. The minimum atomic E-state index is 0.226. The Kier molecular flexibility index (Phi) is 6.88. The van der Waals surface area contributed by atoms with Crippen molar-refractivity contribution in [1.82, 2.24) is 5.32 Å². The summed E-state index contributed by atoms with van der Waals surface area (Å²) in [7, 11) is 0. The molecule has 0 aromatic rings. The van der Waals surface area contributed by atoms with E-state index in [0.717, 1.165) is 43.9 Å². The highest BCUT2D eigenvalue weighted by Crippen LogP contribution is 2.28. The molecule has 3 N–H and O–H groups in total. The van der Waals surface area contributed by atoms with E-state index in [4.69, 9.17) is 5.73 Å². The van der Waals surface area contributed by atoms with Crippen LogP contribution >= 0.6 is 11.8 Å². The van der Waals surface area contributed by atoms with Gasteiger partial charge in [-0.1, -0.05) is 6.42 Å². The second kappa shape index (κ2) is 7.96. The normalized spacial score (nSPS) is 24.6. The number of carbonyl (C=O) groups is 1. The summed E-state index contributed by atoms with van der Waals surface area (Å²) in [6.45, 7) is 0.736. The number of unbranched alkanes of at least 4 members (excludes halogenated alkanes) is 2. The van der Waals surface area contributed by atoms with Crippen LogP contribution in [-0.4, -0.2) is 30.0 Å². The van der Waals surface area contributed by atoms with Crippen LogP contribution in [0.2, 0.25) is 0 Å². The first-order valence-corrected chi connectivity index (χ1v) is 7.57. The molecule has 94 valence electrons. The molecule has 1 amide bonds. The zero-order chi connectivity index (χ0) is 11.8. The lowest BCUT2D eigenvalue weighted by molar-refractivity contribution is -0.121. The molecule has 1 aliphatic rings. The molecule has 16 heavy (non-hydrogen) atoms. The van der Waals surface area contributed by atoms with Crippen LogP contribution < -0.4 is 11.1 Å². The molecule has 3 nitrogen and oxygen atoms in total. The molecule has 0 aliphatic heterocycles. The lowest BCUT2D eigenvalue weighted by Crippen LogP contribution is -2.32. The molecule has 0 aromatic carbocycles. The van der Waals surface area contributed by atoms with E-state index in [-0.39, 0.29) is 5.91 Å². The second-order valence-electron chi connectivity index (χ2n) is 4.53. The van der Waals surface area contributed by atoms with E-state index in [2.05, 4.69) is 11.6 Å². The number of rotatable bonds is 7. The number of nitrogens with two attached hydrogens (primary N) is 1. The maximum absolute atomic E-state index is 11.6. The number of hydrogen-bond donors (Lipinski definition) is 2. The summed E-state index contributed by atoms with van der Waals surface area (Å²) in [5.41, 5.74) is 5.41. The summed E-state index contributed by atoms with van der Waals surface area (Å²) >= 11 is 1.92. The second-order valence-corrected chi connectivity index (χ2v) is 5.67. The van der Waals surface area contributed by atoms with Crippen molar-refractivity contribution < 1.29 is 4.79 Å². The Morgan fingerprint density at radius 1 is 1.38 bits per heavy atom. The molecule has 2 atom stereocenters. The summed E-state index contributed by atoms with van der Waals surface area (Å²) in [5.74, 6) is 0.226. The van der Waals surface area contributed by atoms with Gasteiger partial charge >= 0.3 is 0 Å². The van der Waals surface area contributed by atoms with E-state index in [1.54, 1.807) is 0 Å². The maximum Gasteiger partial charge on any atom is 0.220 e. The van der Waals surface area contributed by atoms with Crippen molar-refractivity contribution in [3.63, 3.8) is 0 Å². The first-order chi connectivity index (χ1) is 7.76. The predicted octanol–water partition coefficient (Wildman–Crippen LogP) is 1.91. The molecule has 1 rings (SSSR count). The molecule has 0 aromatic heterocycles. The van der Waals surface area contributed by atoms with Crippen molar-refractivity contribution in [2.24, 2.45) is 5.73 Å². The van der Waals surface area contributed by atoms with Crippen molar-refractivity contribution in [2.45, 2.75) is 56.2 Å². The Morgan fingerprint density at radius 2 is 2.19 bits per heavy atom. The molecule has 0 heterocycles. The molecule has 4 heteroatoms. The minimum Gasteiger partial charge on any atom is -0.353 e. The van der Waals surface area contributed by atoms with Crippen molar-refractivity contribution in [1.29, 1.82) is 0 Å². The number of amides is 1. The smallest absolute Gasteiger partial charge is 0.220 e. The van der Waals surface area contributed by atoms with Crippen LogP contribution in [0.25, 0.3) is 0 Å². The van der Waals surface area contributed by atoms with Crippen LogP contribution in [0.1, 0.15) is 44.9 Å². The molecule has 0 spiro atoms. The first-order valence-electron chi connectivity index (χ1n) is 6.28. The lowest BCUT2D eigenvalue weighted by atomic mass is 10.1. The molecular weight excluding hydrogens is 220 g/mol. The van der Waals surface area contributed by atoms with Gasteiger partial charge in [-0.25, -0.2) is 0 Å². The van der Waals surface area contributed by atoms with Gasteiger partial charge in [0.05, 0.1) is 0 Å². The standard InChI is InChI=1S/C12H24N2OS/c1-16-11-7-6-10(9-11)14-12(15)5-3-2-4-8-13/h10-11H,2-9,13H2,1H3,(H,14,15). The third-order valence-electron chi connectivity index (χ3n) is 3.19. The van der Waals surface area contributed by atoms with Gasteiger partial charge in [-0.05, 0) is 44.9 Å². The summed E-state index contributed by atoms with van der Waals surface area (Å²) in [4.78, 5) is 11.6. The van der Waals surface area contributed by atoms with Gasteiger partial charge in [0.1, 0.15) is 0 Å². The van der Waals surface area contributed by atoms with Crippen LogP contribution in [0.5, 0.6) is 0 Å². The van der Waals surface area contributed by atoms with Gasteiger partial charge in [0, 0.05) is 17.7 Å². The number of nitrogens with one attached hydrogen (secondary N) is 1. The zero-order valence-corrected chi connectivity index (χ0v) is 11.0. The van der Waals surface area contributed by atoms with Crippen LogP contribution in [0.4, 0.5) is 0 Å². The summed E-state index contributed by atoms with van der Waals surface area (Å²) in [5, 5.41) is 3.89. The lowest BCUT2D eigenvalue weighted by Gasteiger charge is -2.12. The highest BCUT2D eigenvalue weighted by atomic mass is 32.2. The molecule has 0 radical (unpaired) electrons. The highest BCUT2D eigenvalue weighted by molar-refractivity contribution is 7.99. The van der Waals surface area contributed by atoms with Crippen molar-refractivity contribution in [3.8, 4) is 0 Å². The average molecular weight is 244 g/mol. The zero-order valence-electron chi connectivity index (χ0n) is 10.2. The third-order valence-corrected chi connectivity index (χ3v) is 4.29. The molecule has 2 unspecified atom stereocenters. The number of thioether (sulfide) groups is 1. The highest BCUT2D eigenvalue weighted by Gasteiger charge is 2.24. The van der Waals surface area contributed by atoms with Crippen LogP contribution in [0, 0.1) is 0 Å². The Balaban J connectivity index is 2.06. The maximum atomic E-state index is 11.6. The van der Waals surface area contributed by atoms with Gasteiger partial charge in [0.2, 0.25) is 5.91 Å². The van der Waals surface area contributed by atoms with E-state index >= 15 is 0 Å². The van der Waals surface area contributed by atoms with Crippen LogP contribution in [-0.2, 0) is 4.79 Å². The van der Waals surface area contributed by atoms with Gasteiger partial charge in [-0.2, -0.15) is 11.8 Å². The third kappa shape index (κ3) is 5.21. The minimum absolute atomic E-state index is 0.226. The summed E-state index contributed by atoms with van der Waals surface area (Å²) < 4.78 is 0. The molecule has 1 saturated carbocycles. The Morgan fingerprint density at radius 3 is 2.81 bits per heavy atom. The Hall–Kier alpha value is -0.220.